The molecule has 3 rings (SSSR count). The van der Waals surface area contributed by atoms with E-state index in [1.807, 2.05) is 47.4 Å². The molecule has 1 atom stereocenters. The standard InChI is InChI=1S/C19H21ClN2O2.ClH/c20-17-6-4-14(5-7-17)13-24-18-3-1-2-16(10-18)19(23)22-9-8-15(11-21)12-22;/h1-7,10,15H,8-9,11-13,21H2;1H. The maximum atomic E-state index is 12.6. The summed E-state index contributed by atoms with van der Waals surface area (Å²) >= 11 is 5.88. The van der Waals surface area contributed by atoms with Crippen molar-refractivity contribution in [1.82, 2.24) is 4.90 Å². The van der Waals surface area contributed by atoms with Crippen molar-refractivity contribution in [2.75, 3.05) is 19.6 Å². The van der Waals surface area contributed by atoms with E-state index in [-0.39, 0.29) is 18.3 Å². The van der Waals surface area contributed by atoms with Crippen LogP contribution < -0.4 is 10.5 Å². The van der Waals surface area contributed by atoms with Crippen LogP contribution in [0, 0.1) is 5.92 Å². The molecular formula is C19H22Cl2N2O2. The first kappa shape index (κ1) is 19.6. The summed E-state index contributed by atoms with van der Waals surface area (Å²) in [6.07, 6.45) is 0.981. The van der Waals surface area contributed by atoms with E-state index in [0.717, 1.165) is 25.1 Å². The number of carbonyl (C=O) groups excluding carboxylic acids is 1. The Morgan fingerprint density at radius 3 is 2.68 bits per heavy atom. The zero-order chi connectivity index (χ0) is 16.9. The number of ether oxygens (including phenoxy) is 1. The van der Waals surface area contributed by atoms with Crippen molar-refractivity contribution in [3.8, 4) is 5.75 Å². The molecule has 0 aliphatic carbocycles. The van der Waals surface area contributed by atoms with E-state index in [1.54, 1.807) is 6.07 Å². The highest BCUT2D eigenvalue weighted by Crippen LogP contribution is 2.21. The lowest BCUT2D eigenvalue weighted by Gasteiger charge is -2.17. The molecule has 0 bridgehead atoms. The molecule has 1 unspecified atom stereocenters. The van der Waals surface area contributed by atoms with E-state index in [0.29, 0.717) is 35.4 Å². The quantitative estimate of drug-likeness (QED) is 0.858. The zero-order valence-corrected chi connectivity index (χ0v) is 15.4. The van der Waals surface area contributed by atoms with E-state index in [1.165, 1.54) is 0 Å². The Hall–Kier alpha value is -1.75. The van der Waals surface area contributed by atoms with Crippen LogP contribution in [0.3, 0.4) is 0 Å². The third kappa shape index (κ3) is 5.11. The van der Waals surface area contributed by atoms with E-state index >= 15 is 0 Å². The fraction of sp³-hybridized carbons (Fsp3) is 0.316. The summed E-state index contributed by atoms with van der Waals surface area (Å²) < 4.78 is 5.79. The number of benzene rings is 2. The first-order valence-electron chi connectivity index (χ1n) is 8.12. The van der Waals surface area contributed by atoms with Gasteiger partial charge >= 0.3 is 0 Å². The molecule has 0 radical (unpaired) electrons. The number of nitrogens with two attached hydrogens (primary N) is 1. The first-order chi connectivity index (χ1) is 11.7. The van der Waals surface area contributed by atoms with E-state index in [4.69, 9.17) is 22.1 Å². The number of carbonyl (C=O) groups is 1. The van der Waals surface area contributed by atoms with Gasteiger partial charge in [0.1, 0.15) is 12.4 Å². The molecule has 2 aromatic carbocycles. The van der Waals surface area contributed by atoms with Gasteiger partial charge in [-0.25, -0.2) is 0 Å². The Labute approximate surface area is 159 Å². The predicted molar refractivity (Wildman–Crippen MR) is 103 cm³/mol. The lowest BCUT2D eigenvalue weighted by atomic mass is 10.1. The second-order valence-corrected chi connectivity index (χ2v) is 6.52. The van der Waals surface area contributed by atoms with Gasteiger partial charge < -0.3 is 15.4 Å². The maximum absolute atomic E-state index is 12.6. The van der Waals surface area contributed by atoms with Crippen molar-refractivity contribution in [3.63, 3.8) is 0 Å². The number of nitrogens with zero attached hydrogens (tertiary/aromatic N) is 1. The Morgan fingerprint density at radius 1 is 1.24 bits per heavy atom. The second-order valence-electron chi connectivity index (χ2n) is 6.08. The molecule has 134 valence electrons. The lowest BCUT2D eigenvalue weighted by Crippen LogP contribution is -2.29. The van der Waals surface area contributed by atoms with Crippen molar-refractivity contribution < 1.29 is 9.53 Å². The minimum atomic E-state index is 0. The Balaban J connectivity index is 0.00000225. The Bertz CT molecular complexity index is 707. The molecule has 1 heterocycles. The van der Waals surface area contributed by atoms with Gasteiger partial charge in [-0.3, -0.25) is 4.79 Å². The zero-order valence-electron chi connectivity index (χ0n) is 13.9. The summed E-state index contributed by atoms with van der Waals surface area (Å²) in [4.78, 5) is 14.5. The van der Waals surface area contributed by atoms with E-state index in [9.17, 15) is 4.79 Å². The van der Waals surface area contributed by atoms with Crippen molar-refractivity contribution in [3.05, 3.63) is 64.7 Å². The summed E-state index contributed by atoms with van der Waals surface area (Å²) in [5, 5.41) is 0.702. The van der Waals surface area contributed by atoms with Gasteiger partial charge in [-0.1, -0.05) is 29.8 Å². The highest BCUT2D eigenvalue weighted by atomic mass is 35.5. The number of likely N-dealkylation sites (tertiary alicyclic amines) is 1. The smallest absolute Gasteiger partial charge is 0.253 e. The highest BCUT2D eigenvalue weighted by Gasteiger charge is 2.26. The van der Waals surface area contributed by atoms with E-state index < -0.39 is 0 Å². The molecule has 1 fully saturated rings. The van der Waals surface area contributed by atoms with Crippen LogP contribution in [-0.4, -0.2) is 30.4 Å². The van der Waals surface area contributed by atoms with Gasteiger partial charge in [-0.05, 0) is 54.8 Å². The molecule has 6 heteroatoms. The third-order valence-electron chi connectivity index (χ3n) is 4.31. The first-order valence-corrected chi connectivity index (χ1v) is 8.50. The highest BCUT2D eigenvalue weighted by molar-refractivity contribution is 6.30. The SMILES string of the molecule is Cl.NCC1CCN(C(=O)c2cccc(OCc3ccc(Cl)cc3)c2)C1. The van der Waals surface area contributed by atoms with Crippen LogP contribution in [0.4, 0.5) is 0 Å². The molecule has 1 aliphatic heterocycles. The van der Waals surface area contributed by atoms with Gasteiger partial charge in [-0.15, -0.1) is 12.4 Å². The molecule has 0 aromatic heterocycles. The molecule has 0 spiro atoms. The van der Waals surface area contributed by atoms with Crippen LogP contribution in [0.15, 0.2) is 48.5 Å². The molecule has 4 nitrogen and oxygen atoms in total. The minimum Gasteiger partial charge on any atom is -0.489 e. The van der Waals surface area contributed by atoms with Gasteiger partial charge in [0.2, 0.25) is 0 Å². The summed E-state index contributed by atoms with van der Waals surface area (Å²) in [6.45, 7) is 2.59. The fourth-order valence-corrected chi connectivity index (χ4v) is 2.98. The normalized spacial score (nSPS) is 16.4. The van der Waals surface area contributed by atoms with Crippen molar-refractivity contribution >= 4 is 29.9 Å². The molecule has 2 aromatic rings. The average Bonchev–Trinajstić information content (AvgIpc) is 3.10. The molecule has 2 N–H and O–H groups in total. The van der Waals surface area contributed by atoms with Crippen LogP contribution in [0.1, 0.15) is 22.3 Å². The number of amides is 1. The lowest BCUT2D eigenvalue weighted by molar-refractivity contribution is 0.0787. The van der Waals surface area contributed by atoms with Crippen LogP contribution in [0.25, 0.3) is 0 Å². The van der Waals surface area contributed by atoms with Crippen LogP contribution >= 0.6 is 24.0 Å². The number of rotatable bonds is 5. The fourth-order valence-electron chi connectivity index (χ4n) is 2.86. The van der Waals surface area contributed by atoms with Crippen LogP contribution in [0.2, 0.25) is 5.02 Å². The molecule has 0 saturated carbocycles. The van der Waals surface area contributed by atoms with Crippen LogP contribution in [-0.2, 0) is 6.61 Å². The Kier molecular flexibility index (Phi) is 7.12. The predicted octanol–water partition coefficient (Wildman–Crippen LogP) is 3.76. The van der Waals surface area contributed by atoms with Crippen molar-refractivity contribution in [2.45, 2.75) is 13.0 Å². The second kappa shape index (κ2) is 9.09. The average molecular weight is 381 g/mol. The van der Waals surface area contributed by atoms with E-state index in [2.05, 4.69) is 0 Å². The topological polar surface area (TPSA) is 55.6 Å². The third-order valence-corrected chi connectivity index (χ3v) is 4.56. The summed E-state index contributed by atoms with van der Waals surface area (Å²) in [5.74, 6) is 1.14. The van der Waals surface area contributed by atoms with Crippen molar-refractivity contribution in [1.29, 1.82) is 0 Å². The molecular weight excluding hydrogens is 359 g/mol. The summed E-state index contributed by atoms with van der Waals surface area (Å²) in [6, 6.07) is 14.9. The summed E-state index contributed by atoms with van der Waals surface area (Å²) in [5.41, 5.74) is 7.38. The van der Waals surface area contributed by atoms with Gasteiger partial charge in [0.05, 0.1) is 0 Å². The monoisotopic (exact) mass is 380 g/mol. The van der Waals surface area contributed by atoms with Gasteiger partial charge in [0.25, 0.3) is 5.91 Å². The number of hydrogen-bond acceptors (Lipinski definition) is 3. The number of halogens is 2. The Morgan fingerprint density at radius 2 is 2.00 bits per heavy atom. The molecule has 1 amide bonds. The molecule has 1 aliphatic rings. The largest absolute Gasteiger partial charge is 0.489 e. The van der Waals surface area contributed by atoms with Gasteiger partial charge in [0.15, 0.2) is 0 Å². The molecule has 1 saturated heterocycles. The molecule has 25 heavy (non-hydrogen) atoms. The summed E-state index contributed by atoms with van der Waals surface area (Å²) in [7, 11) is 0. The minimum absolute atomic E-state index is 0. The van der Waals surface area contributed by atoms with Gasteiger partial charge in [0, 0.05) is 23.7 Å². The van der Waals surface area contributed by atoms with Crippen molar-refractivity contribution in [2.24, 2.45) is 11.7 Å². The maximum Gasteiger partial charge on any atom is 0.253 e. The van der Waals surface area contributed by atoms with Crippen LogP contribution in [0.5, 0.6) is 5.75 Å². The number of hydrogen-bond donors (Lipinski definition) is 1. The van der Waals surface area contributed by atoms with Gasteiger partial charge in [-0.2, -0.15) is 0 Å².